The minimum atomic E-state index is -4.46. The first-order chi connectivity index (χ1) is 19.0. The maximum absolute atomic E-state index is 13.8. The predicted molar refractivity (Wildman–Crippen MR) is 138 cm³/mol. The zero-order valence-corrected chi connectivity index (χ0v) is 21.0. The summed E-state index contributed by atoms with van der Waals surface area (Å²) in [6.45, 7) is 4.34. The van der Waals surface area contributed by atoms with Gasteiger partial charge in [0.2, 0.25) is 5.95 Å². The van der Waals surface area contributed by atoms with Crippen molar-refractivity contribution in [3.05, 3.63) is 135 Å². The van der Waals surface area contributed by atoms with Crippen LogP contribution < -0.4 is 16.0 Å². The highest BCUT2D eigenvalue weighted by Gasteiger charge is 2.31. The zero-order valence-electron chi connectivity index (χ0n) is 21.0. The van der Waals surface area contributed by atoms with E-state index >= 15 is 0 Å². The van der Waals surface area contributed by atoms with Gasteiger partial charge < -0.3 is 15.4 Å². The number of alkyl halides is 3. The highest BCUT2D eigenvalue weighted by atomic mass is 19.4. The Bertz CT molecular complexity index is 1550. The maximum atomic E-state index is 13.8. The summed E-state index contributed by atoms with van der Waals surface area (Å²) < 4.78 is 72.8. The molecule has 0 unspecified atom stereocenters. The summed E-state index contributed by atoms with van der Waals surface area (Å²) >= 11 is 0. The number of anilines is 1. The molecule has 0 fully saturated rings. The van der Waals surface area contributed by atoms with Crippen molar-refractivity contribution in [3.8, 4) is 5.75 Å². The number of nitrogens with zero attached hydrogens (tertiary/aromatic N) is 3. The third-order valence-electron chi connectivity index (χ3n) is 6.69. The Morgan fingerprint density at radius 1 is 0.925 bits per heavy atom. The lowest BCUT2D eigenvalue weighted by Crippen LogP contribution is -2.40. The minimum absolute atomic E-state index is 0.0986. The maximum Gasteiger partial charge on any atom is 0.416 e. The fourth-order valence-corrected chi connectivity index (χ4v) is 4.68. The van der Waals surface area contributed by atoms with Gasteiger partial charge in [0.15, 0.2) is 5.88 Å². The van der Waals surface area contributed by atoms with Crippen LogP contribution in [0.4, 0.5) is 27.9 Å². The summed E-state index contributed by atoms with van der Waals surface area (Å²) in [5.41, 5.74) is 7.05. The molecule has 0 saturated carbocycles. The molecule has 0 spiro atoms. The number of fused-ring (bicyclic) bond motifs is 1. The first-order valence-corrected chi connectivity index (χ1v) is 12.2. The van der Waals surface area contributed by atoms with Gasteiger partial charge in [-0.3, -0.25) is 9.36 Å². The van der Waals surface area contributed by atoms with Crippen LogP contribution in [-0.2, 0) is 19.1 Å². The Morgan fingerprint density at radius 2 is 1.48 bits per heavy atom. The molecule has 40 heavy (non-hydrogen) atoms. The average molecular weight is 555 g/mol. The molecule has 0 aliphatic carbocycles. The molecule has 4 aromatic rings. The second-order valence-corrected chi connectivity index (χ2v) is 9.27. The number of nitrogen functional groups attached to an aromatic ring is 1. The smallest absolute Gasteiger partial charge is 0.416 e. The van der Waals surface area contributed by atoms with Gasteiger partial charge in [0, 0.05) is 12.1 Å². The summed E-state index contributed by atoms with van der Waals surface area (Å²) in [6.07, 6.45) is -4.20. The van der Waals surface area contributed by atoms with E-state index < -0.39 is 35.0 Å². The molecule has 2 N–H and O–H groups in total. The van der Waals surface area contributed by atoms with Crippen LogP contribution in [0.3, 0.4) is 0 Å². The fraction of sp³-hybridized carbons (Fsp3) is 0.172. The second kappa shape index (κ2) is 10.5. The topological polar surface area (TPSA) is 73.4 Å². The quantitative estimate of drug-likeness (QED) is 0.246. The van der Waals surface area contributed by atoms with Gasteiger partial charge in [0.05, 0.1) is 23.8 Å². The molecular formula is C29H23F5N4O2. The van der Waals surface area contributed by atoms with Crippen LogP contribution in [0.1, 0.15) is 34.0 Å². The number of hydrogen-bond donors (Lipinski definition) is 1. The van der Waals surface area contributed by atoms with Crippen molar-refractivity contribution in [2.45, 2.75) is 25.2 Å². The van der Waals surface area contributed by atoms with Crippen LogP contribution in [0.5, 0.6) is 5.75 Å². The number of benzene rings is 3. The number of rotatable bonds is 6. The standard InChI is InChI=1S/C29H23F5N4O2/c1-17(40-23-12-6-20(7-13-23)29(32,33)34)37-15-14-24-25(16-37)36-28(35)38(27(24)39)26(18-2-8-21(30)9-3-18)19-4-10-22(31)11-5-19/h2-13,26H,1,14-16H2,(H2,35,36). The molecule has 6 nitrogen and oxygen atoms in total. The van der Waals surface area contributed by atoms with Gasteiger partial charge in [0.25, 0.3) is 5.56 Å². The number of nitrogens with two attached hydrogens (primary N) is 1. The summed E-state index contributed by atoms with van der Waals surface area (Å²) in [7, 11) is 0. The van der Waals surface area contributed by atoms with Crippen LogP contribution in [0, 0.1) is 11.6 Å². The van der Waals surface area contributed by atoms with Crippen molar-refractivity contribution in [2.24, 2.45) is 0 Å². The largest absolute Gasteiger partial charge is 0.442 e. The van der Waals surface area contributed by atoms with Crippen molar-refractivity contribution in [2.75, 3.05) is 12.3 Å². The van der Waals surface area contributed by atoms with E-state index in [-0.39, 0.29) is 30.5 Å². The summed E-state index contributed by atoms with van der Waals surface area (Å²) in [4.78, 5) is 20.0. The van der Waals surface area contributed by atoms with Gasteiger partial charge in [-0.25, -0.2) is 13.8 Å². The predicted octanol–water partition coefficient (Wildman–Crippen LogP) is 5.67. The minimum Gasteiger partial charge on any atom is -0.442 e. The molecular weight excluding hydrogens is 531 g/mol. The van der Waals surface area contributed by atoms with E-state index in [2.05, 4.69) is 11.6 Å². The molecule has 11 heteroatoms. The average Bonchev–Trinajstić information content (AvgIpc) is 2.92. The van der Waals surface area contributed by atoms with E-state index in [1.165, 1.54) is 65.2 Å². The van der Waals surface area contributed by atoms with Crippen molar-refractivity contribution in [1.82, 2.24) is 14.5 Å². The normalized spacial score (nSPS) is 13.3. The van der Waals surface area contributed by atoms with Crippen LogP contribution in [0.25, 0.3) is 0 Å². The zero-order chi connectivity index (χ0) is 28.6. The van der Waals surface area contributed by atoms with E-state index in [1.54, 1.807) is 4.90 Å². The second-order valence-electron chi connectivity index (χ2n) is 9.27. The monoisotopic (exact) mass is 554 g/mol. The lowest BCUT2D eigenvalue weighted by molar-refractivity contribution is -0.137. The molecule has 0 saturated heterocycles. The molecule has 206 valence electrons. The van der Waals surface area contributed by atoms with Gasteiger partial charge >= 0.3 is 6.18 Å². The summed E-state index contributed by atoms with van der Waals surface area (Å²) in [5.74, 6) is -0.661. The summed E-state index contributed by atoms with van der Waals surface area (Å²) in [6, 6.07) is 14.6. The highest BCUT2D eigenvalue weighted by Crippen LogP contribution is 2.32. The van der Waals surface area contributed by atoms with Gasteiger partial charge in [0.1, 0.15) is 17.4 Å². The van der Waals surface area contributed by atoms with Gasteiger partial charge in [-0.1, -0.05) is 24.3 Å². The molecule has 0 bridgehead atoms. The fourth-order valence-electron chi connectivity index (χ4n) is 4.68. The Balaban J connectivity index is 1.44. The van der Waals surface area contributed by atoms with Crippen molar-refractivity contribution in [1.29, 1.82) is 0 Å². The molecule has 1 aliphatic rings. The van der Waals surface area contributed by atoms with Crippen LogP contribution in [-0.4, -0.2) is 21.0 Å². The lowest BCUT2D eigenvalue weighted by atomic mass is 9.97. The van der Waals surface area contributed by atoms with Crippen molar-refractivity contribution >= 4 is 5.95 Å². The molecule has 1 aromatic heterocycles. The van der Waals surface area contributed by atoms with Gasteiger partial charge in [-0.15, -0.1) is 0 Å². The number of halogens is 5. The SMILES string of the molecule is C=C(Oc1ccc(C(F)(F)F)cc1)N1CCc2c(nc(N)n(C(c3ccc(F)cc3)c3ccc(F)cc3)c2=O)C1. The van der Waals surface area contributed by atoms with E-state index in [0.717, 1.165) is 12.1 Å². The lowest BCUT2D eigenvalue weighted by Gasteiger charge is -2.32. The van der Waals surface area contributed by atoms with E-state index in [0.29, 0.717) is 28.9 Å². The first-order valence-electron chi connectivity index (χ1n) is 12.2. The number of hydrogen-bond acceptors (Lipinski definition) is 5. The molecule has 0 radical (unpaired) electrons. The first kappa shape index (κ1) is 26.9. The third kappa shape index (κ3) is 5.40. The van der Waals surface area contributed by atoms with E-state index in [1.807, 2.05) is 0 Å². The Kier molecular flexibility index (Phi) is 7.05. The number of ether oxygens (including phenoxy) is 1. The van der Waals surface area contributed by atoms with Crippen molar-refractivity contribution < 1.29 is 26.7 Å². The molecule has 2 heterocycles. The molecule has 5 rings (SSSR count). The summed E-state index contributed by atoms with van der Waals surface area (Å²) in [5, 5.41) is 0. The van der Waals surface area contributed by atoms with Crippen molar-refractivity contribution in [3.63, 3.8) is 0 Å². The third-order valence-corrected chi connectivity index (χ3v) is 6.69. The molecule has 0 amide bonds. The number of aromatic nitrogens is 2. The highest BCUT2D eigenvalue weighted by molar-refractivity contribution is 5.39. The molecule has 3 aromatic carbocycles. The molecule has 0 atom stereocenters. The van der Waals surface area contributed by atoms with Crippen LogP contribution in [0.2, 0.25) is 0 Å². The van der Waals surface area contributed by atoms with Crippen LogP contribution >= 0.6 is 0 Å². The Labute approximate surface area is 225 Å². The van der Waals surface area contributed by atoms with E-state index in [4.69, 9.17) is 10.5 Å². The Hall–Kier alpha value is -4.67. The van der Waals surface area contributed by atoms with Gasteiger partial charge in [-0.05, 0) is 72.7 Å². The molecule has 1 aliphatic heterocycles. The Morgan fingerprint density at radius 3 is 2.00 bits per heavy atom. The van der Waals surface area contributed by atoms with Gasteiger partial charge in [-0.2, -0.15) is 13.2 Å². The van der Waals surface area contributed by atoms with E-state index in [9.17, 15) is 26.7 Å². The van der Waals surface area contributed by atoms with Crippen LogP contribution in [0.15, 0.2) is 90.1 Å².